The molecule has 0 spiro atoms. The summed E-state index contributed by atoms with van der Waals surface area (Å²) in [7, 11) is 1.99. The van der Waals surface area contributed by atoms with Crippen molar-refractivity contribution in [1.29, 1.82) is 0 Å². The van der Waals surface area contributed by atoms with Crippen LogP contribution in [0.1, 0.15) is 24.1 Å². The number of hydrogen-bond donors (Lipinski definition) is 2. The van der Waals surface area contributed by atoms with Gasteiger partial charge in [0, 0.05) is 17.6 Å². The first-order valence-corrected chi connectivity index (χ1v) is 4.98. The molecule has 2 nitrogen and oxygen atoms in total. The summed E-state index contributed by atoms with van der Waals surface area (Å²) in [5.41, 5.74) is 3.90. The minimum atomic E-state index is 0.386. The lowest BCUT2D eigenvalue weighted by atomic mass is 10.0. The molecule has 1 unspecified atom stereocenters. The van der Waals surface area contributed by atoms with E-state index in [-0.39, 0.29) is 0 Å². The maximum Gasteiger partial charge on any atom is 0.0505 e. The summed E-state index contributed by atoms with van der Waals surface area (Å²) in [6.45, 7) is 4.30. The molecule has 1 aromatic carbocycles. The van der Waals surface area contributed by atoms with E-state index < -0.39 is 0 Å². The molecule has 0 bridgehead atoms. The highest BCUT2D eigenvalue weighted by Crippen LogP contribution is 2.25. The highest BCUT2D eigenvalue weighted by Gasteiger charge is 2.08. The Morgan fingerprint density at radius 3 is 2.86 bits per heavy atom. The second-order valence-electron chi connectivity index (χ2n) is 3.75. The molecule has 2 aromatic rings. The lowest BCUT2D eigenvalue weighted by molar-refractivity contribution is 0.656. The Bertz CT molecular complexity index is 443. The number of nitrogens with one attached hydrogen (secondary N) is 2. The van der Waals surface area contributed by atoms with Crippen molar-refractivity contribution in [2.24, 2.45) is 0 Å². The van der Waals surface area contributed by atoms with Gasteiger partial charge in [0.2, 0.25) is 0 Å². The molecule has 0 saturated carbocycles. The van der Waals surface area contributed by atoms with Crippen LogP contribution in [0.15, 0.2) is 24.4 Å². The number of fused-ring (bicyclic) bond motifs is 1. The lowest BCUT2D eigenvalue weighted by Gasteiger charge is -2.11. The van der Waals surface area contributed by atoms with Gasteiger partial charge in [0.25, 0.3) is 0 Å². The molecule has 0 amide bonds. The molecule has 1 heterocycles. The predicted molar refractivity (Wildman–Crippen MR) is 60.5 cm³/mol. The van der Waals surface area contributed by atoms with Crippen molar-refractivity contribution >= 4 is 10.9 Å². The van der Waals surface area contributed by atoms with E-state index in [0.29, 0.717) is 6.04 Å². The largest absolute Gasteiger partial charge is 0.361 e. The molecule has 0 saturated heterocycles. The van der Waals surface area contributed by atoms with Crippen molar-refractivity contribution in [3.63, 3.8) is 0 Å². The number of aromatic amines is 1. The van der Waals surface area contributed by atoms with Gasteiger partial charge in [-0.15, -0.1) is 0 Å². The Kier molecular flexibility index (Phi) is 2.30. The second kappa shape index (κ2) is 3.46. The molecule has 0 aliphatic carbocycles. The van der Waals surface area contributed by atoms with Gasteiger partial charge in [-0.2, -0.15) is 0 Å². The zero-order valence-electron chi connectivity index (χ0n) is 8.89. The SMILES string of the molecule is CNC(C)c1cccc2c(C)c[nH]c12. The van der Waals surface area contributed by atoms with Crippen LogP contribution in [0.2, 0.25) is 0 Å². The maximum absolute atomic E-state index is 3.33. The van der Waals surface area contributed by atoms with Crippen LogP contribution in [0.3, 0.4) is 0 Å². The van der Waals surface area contributed by atoms with E-state index in [1.54, 1.807) is 0 Å². The number of aryl methyl sites for hydroxylation is 1. The average Bonchev–Trinajstić information content (AvgIpc) is 2.59. The van der Waals surface area contributed by atoms with E-state index in [2.05, 4.69) is 48.5 Å². The third-order valence-electron chi connectivity index (χ3n) is 2.85. The molecule has 2 heteroatoms. The number of para-hydroxylation sites is 1. The average molecular weight is 188 g/mol. The van der Waals surface area contributed by atoms with Crippen molar-refractivity contribution in [3.05, 3.63) is 35.5 Å². The third-order valence-corrected chi connectivity index (χ3v) is 2.85. The van der Waals surface area contributed by atoms with Crippen LogP contribution in [-0.4, -0.2) is 12.0 Å². The van der Waals surface area contributed by atoms with Crippen LogP contribution < -0.4 is 5.32 Å². The number of rotatable bonds is 2. The lowest BCUT2D eigenvalue weighted by Crippen LogP contribution is -2.12. The molecule has 0 aliphatic rings. The summed E-state index contributed by atoms with van der Waals surface area (Å²) in [6, 6.07) is 6.83. The number of hydrogen-bond acceptors (Lipinski definition) is 1. The van der Waals surface area contributed by atoms with E-state index in [0.717, 1.165) is 0 Å². The Morgan fingerprint density at radius 2 is 2.14 bits per heavy atom. The molecule has 2 N–H and O–H groups in total. The minimum absolute atomic E-state index is 0.386. The van der Waals surface area contributed by atoms with Crippen LogP contribution in [-0.2, 0) is 0 Å². The van der Waals surface area contributed by atoms with Gasteiger partial charge in [-0.05, 0) is 32.0 Å². The van der Waals surface area contributed by atoms with Crippen molar-refractivity contribution in [2.45, 2.75) is 19.9 Å². The normalized spacial score (nSPS) is 13.4. The fraction of sp³-hybridized carbons (Fsp3) is 0.333. The van der Waals surface area contributed by atoms with E-state index in [4.69, 9.17) is 0 Å². The topological polar surface area (TPSA) is 27.8 Å². The van der Waals surface area contributed by atoms with Crippen molar-refractivity contribution in [3.8, 4) is 0 Å². The standard InChI is InChI=1S/C12H16N2/c1-8-7-14-12-10(8)5-4-6-11(12)9(2)13-3/h4-7,9,13-14H,1-3H3. The first-order valence-electron chi connectivity index (χ1n) is 4.98. The third kappa shape index (κ3) is 1.32. The highest BCUT2D eigenvalue weighted by molar-refractivity contribution is 5.86. The summed E-state index contributed by atoms with van der Waals surface area (Å²) in [4.78, 5) is 3.33. The zero-order chi connectivity index (χ0) is 10.1. The molecule has 0 radical (unpaired) electrons. The minimum Gasteiger partial charge on any atom is -0.361 e. The molecule has 0 fully saturated rings. The van der Waals surface area contributed by atoms with Gasteiger partial charge in [0.15, 0.2) is 0 Å². The summed E-state index contributed by atoms with van der Waals surface area (Å²) in [6.07, 6.45) is 2.07. The van der Waals surface area contributed by atoms with E-state index in [1.807, 2.05) is 7.05 Å². The molecular weight excluding hydrogens is 172 g/mol. The quantitative estimate of drug-likeness (QED) is 0.745. The smallest absolute Gasteiger partial charge is 0.0505 e. The molecule has 2 rings (SSSR count). The molecule has 1 aromatic heterocycles. The van der Waals surface area contributed by atoms with E-state index in [9.17, 15) is 0 Å². The van der Waals surface area contributed by atoms with Gasteiger partial charge in [-0.3, -0.25) is 0 Å². The predicted octanol–water partition coefficient (Wildman–Crippen LogP) is 2.76. The molecule has 74 valence electrons. The van der Waals surface area contributed by atoms with Gasteiger partial charge in [0.1, 0.15) is 0 Å². The summed E-state index contributed by atoms with van der Waals surface area (Å²) in [5, 5.41) is 4.59. The Labute approximate surface area is 84.3 Å². The second-order valence-corrected chi connectivity index (χ2v) is 3.75. The fourth-order valence-electron chi connectivity index (χ4n) is 1.83. The van der Waals surface area contributed by atoms with Crippen LogP contribution >= 0.6 is 0 Å². The Balaban J connectivity index is 2.65. The van der Waals surface area contributed by atoms with Gasteiger partial charge in [-0.1, -0.05) is 18.2 Å². The molecule has 1 atom stereocenters. The number of H-pyrrole nitrogens is 1. The summed E-state index contributed by atoms with van der Waals surface area (Å²) in [5.74, 6) is 0. The number of benzene rings is 1. The first kappa shape index (κ1) is 9.28. The summed E-state index contributed by atoms with van der Waals surface area (Å²) >= 11 is 0. The fourth-order valence-corrected chi connectivity index (χ4v) is 1.83. The Morgan fingerprint density at radius 1 is 1.36 bits per heavy atom. The van der Waals surface area contributed by atoms with Crippen molar-refractivity contribution in [2.75, 3.05) is 7.05 Å². The number of aromatic nitrogens is 1. The van der Waals surface area contributed by atoms with Gasteiger partial charge in [0.05, 0.1) is 5.52 Å². The van der Waals surface area contributed by atoms with E-state index >= 15 is 0 Å². The first-order chi connectivity index (χ1) is 6.74. The summed E-state index contributed by atoms with van der Waals surface area (Å²) < 4.78 is 0. The zero-order valence-corrected chi connectivity index (χ0v) is 8.89. The van der Waals surface area contributed by atoms with Crippen LogP contribution in [0.4, 0.5) is 0 Å². The van der Waals surface area contributed by atoms with Crippen LogP contribution in [0, 0.1) is 6.92 Å². The van der Waals surface area contributed by atoms with Crippen molar-refractivity contribution < 1.29 is 0 Å². The monoisotopic (exact) mass is 188 g/mol. The Hall–Kier alpha value is -1.28. The van der Waals surface area contributed by atoms with Gasteiger partial charge in [-0.25, -0.2) is 0 Å². The molecule has 0 aliphatic heterocycles. The van der Waals surface area contributed by atoms with Crippen molar-refractivity contribution in [1.82, 2.24) is 10.3 Å². The molecule has 14 heavy (non-hydrogen) atoms. The molecular formula is C12H16N2. The van der Waals surface area contributed by atoms with Gasteiger partial charge >= 0.3 is 0 Å². The van der Waals surface area contributed by atoms with E-state index in [1.165, 1.54) is 22.0 Å². The van der Waals surface area contributed by atoms with Crippen LogP contribution in [0.5, 0.6) is 0 Å². The van der Waals surface area contributed by atoms with Gasteiger partial charge < -0.3 is 10.3 Å². The maximum atomic E-state index is 3.33. The van der Waals surface area contributed by atoms with Crippen LogP contribution in [0.25, 0.3) is 10.9 Å². The highest BCUT2D eigenvalue weighted by atomic mass is 14.9.